The number of benzene rings is 1. The molecule has 0 unspecified atom stereocenters. The molecule has 0 aliphatic carbocycles. The Labute approximate surface area is 174 Å². The van der Waals surface area contributed by atoms with Crippen molar-refractivity contribution in [1.82, 2.24) is 24.6 Å². The number of nitrogens with one attached hydrogen (secondary N) is 1. The van der Waals surface area contributed by atoms with Crippen LogP contribution in [0.15, 0.2) is 46.0 Å². The van der Waals surface area contributed by atoms with E-state index in [1.165, 1.54) is 11.3 Å². The molecule has 1 aliphatic rings. The molecule has 3 aromatic heterocycles. The van der Waals surface area contributed by atoms with Gasteiger partial charge in [0.1, 0.15) is 10.8 Å². The van der Waals surface area contributed by atoms with Crippen LogP contribution in [0.3, 0.4) is 0 Å². The number of hydrogen-bond donors (Lipinski definition) is 1. The Hall–Kier alpha value is -2.78. The number of aromatic amines is 1. The summed E-state index contributed by atoms with van der Waals surface area (Å²) in [6.45, 7) is 1.44. The summed E-state index contributed by atoms with van der Waals surface area (Å²) in [6, 6.07) is 9.56. The number of fused-ring (bicyclic) bond motifs is 1. The fraction of sp³-hybridized carbons (Fsp3) is 0.300. The molecule has 1 N–H and O–H groups in total. The highest BCUT2D eigenvalue weighted by Gasteiger charge is 2.26. The second kappa shape index (κ2) is 7.57. The highest BCUT2D eigenvalue weighted by Crippen LogP contribution is 2.25. The minimum Gasteiger partial charge on any atom is -0.339 e. The molecule has 0 spiro atoms. The summed E-state index contributed by atoms with van der Waals surface area (Å²) in [5, 5.41) is 9.64. The lowest BCUT2D eigenvalue weighted by Crippen LogP contribution is -2.39. The van der Waals surface area contributed by atoms with Crippen molar-refractivity contribution in [3.63, 3.8) is 0 Å². The average molecular weight is 426 g/mol. The molecule has 5 rings (SSSR count). The lowest BCUT2D eigenvalue weighted by molar-refractivity contribution is 0.0690. The number of amides is 1. The van der Waals surface area contributed by atoms with Crippen LogP contribution >= 0.6 is 22.7 Å². The molecule has 7 nitrogen and oxygen atoms in total. The lowest BCUT2D eigenvalue weighted by Gasteiger charge is -2.32. The number of piperidine rings is 1. The van der Waals surface area contributed by atoms with Crippen LogP contribution in [0.4, 0.5) is 0 Å². The first-order chi connectivity index (χ1) is 14.2. The van der Waals surface area contributed by atoms with Crippen molar-refractivity contribution in [1.29, 1.82) is 0 Å². The first kappa shape index (κ1) is 18.3. The second-order valence-electron chi connectivity index (χ2n) is 7.21. The minimum atomic E-state index is -0.200. The Bertz CT molecular complexity index is 1200. The van der Waals surface area contributed by atoms with Gasteiger partial charge in [0.2, 0.25) is 0 Å². The Morgan fingerprint density at radius 3 is 2.86 bits per heavy atom. The smallest absolute Gasteiger partial charge is 0.339 e. The number of H-pyrrole nitrogens is 1. The average Bonchev–Trinajstić information content (AvgIpc) is 3.49. The van der Waals surface area contributed by atoms with Crippen LogP contribution in [0, 0.1) is 5.92 Å². The molecular formula is C20H19N5O2S2. The zero-order valence-electron chi connectivity index (χ0n) is 15.6. The van der Waals surface area contributed by atoms with Crippen molar-refractivity contribution in [3.8, 4) is 5.00 Å². The number of rotatable bonds is 4. The molecule has 1 aromatic carbocycles. The fourth-order valence-corrected chi connectivity index (χ4v) is 5.32. The van der Waals surface area contributed by atoms with Gasteiger partial charge in [-0.2, -0.15) is 5.10 Å². The Kier molecular flexibility index (Phi) is 4.76. The SMILES string of the molecule is O=C(c1ccc2ncsc2c1)N1CCC(Cc2n[nH]c(=O)n2-c2cccs2)CC1. The van der Waals surface area contributed by atoms with Gasteiger partial charge >= 0.3 is 5.69 Å². The van der Waals surface area contributed by atoms with Crippen molar-refractivity contribution in [2.75, 3.05) is 13.1 Å². The standard InChI is InChI=1S/C20H19N5O2S2/c26-19(14-3-4-15-16(11-14)29-12-21-15)24-7-5-13(6-8-24)10-17-22-23-20(27)25(17)18-2-1-9-28-18/h1-4,9,11-13H,5-8,10H2,(H,23,27). The third-order valence-electron chi connectivity index (χ3n) is 5.42. The van der Waals surface area contributed by atoms with E-state index >= 15 is 0 Å². The van der Waals surface area contributed by atoms with Gasteiger partial charge in [-0.05, 0) is 54.5 Å². The van der Waals surface area contributed by atoms with Crippen LogP contribution in [0.2, 0.25) is 0 Å². The topological polar surface area (TPSA) is 83.9 Å². The van der Waals surface area contributed by atoms with Crippen molar-refractivity contribution in [2.24, 2.45) is 5.92 Å². The zero-order chi connectivity index (χ0) is 19.8. The normalized spacial score (nSPS) is 15.2. The van der Waals surface area contributed by atoms with Gasteiger partial charge < -0.3 is 4.90 Å². The number of nitrogens with zero attached hydrogens (tertiary/aromatic N) is 4. The summed E-state index contributed by atoms with van der Waals surface area (Å²) >= 11 is 3.07. The molecule has 0 atom stereocenters. The van der Waals surface area contributed by atoms with Gasteiger partial charge in [0, 0.05) is 25.1 Å². The molecule has 1 aliphatic heterocycles. The van der Waals surface area contributed by atoms with E-state index in [2.05, 4.69) is 15.2 Å². The van der Waals surface area contributed by atoms with Crippen LogP contribution in [0.5, 0.6) is 0 Å². The summed E-state index contributed by atoms with van der Waals surface area (Å²) < 4.78 is 2.70. The number of hydrogen-bond acceptors (Lipinski definition) is 6. The summed E-state index contributed by atoms with van der Waals surface area (Å²) in [5.74, 6) is 1.24. The van der Waals surface area contributed by atoms with Gasteiger partial charge in [-0.3, -0.25) is 4.79 Å². The molecule has 0 bridgehead atoms. The molecule has 9 heteroatoms. The van der Waals surface area contributed by atoms with E-state index in [9.17, 15) is 9.59 Å². The Morgan fingerprint density at radius 1 is 1.21 bits per heavy atom. The van der Waals surface area contributed by atoms with Gasteiger partial charge in [0.15, 0.2) is 0 Å². The van der Waals surface area contributed by atoms with Gasteiger partial charge in [-0.1, -0.05) is 0 Å². The molecule has 148 valence electrons. The highest BCUT2D eigenvalue weighted by molar-refractivity contribution is 7.16. The van der Waals surface area contributed by atoms with Gasteiger partial charge in [-0.25, -0.2) is 19.4 Å². The van der Waals surface area contributed by atoms with Crippen LogP contribution in [0.25, 0.3) is 15.2 Å². The minimum absolute atomic E-state index is 0.0778. The summed E-state index contributed by atoms with van der Waals surface area (Å²) in [4.78, 5) is 31.2. The predicted octanol–water partition coefficient (Wildman–Crippen LogP) is 3.33. The monoisotopic (exact) mass is 425 g/mol. The number of carbonyl (C=O) groups excluding carboxylic acids is 1. The van der Waals surface area contributed by atoms with Crippen LogP contribution in [0.1, 0.15) is 29.0 Å². The Balaban J connectivity index is 1.25. The van der Waals surface area contributed by atoms with E-state index < -0.39 is 0 Å². The number of thiophene rings is 1. The predicted molar refractivity (Wildman–Crippen MR) is 114 cm³/mol. The van der Waals surface area contributed by atoms with E-state index in [-0.39, 0.29) is 11.6 Å². The number of aromatic nitrogens is 4. The van der Waals surface area contributed by atoms with Crippen LogP contribution in [-0.4, -0.2) is 43.6 Å². The summed E-state index contributed by atoms with van der Waals surface area (Å²) in [5.41, 5.74) is 3.25. The van der Waals surface area contributed by atoms with E-state index in [0.717, 1.165) is 59.0 Å². The third-order valence-corrected chi connectivity index (χ3v) is 7.06. The largest absolute Gasteiger partial charge is 0.348 e. The van der Waals surface area contributed by atoms with E-state index in [4.69, 9.17) is 0 Å². The van der Waals surface area contributed by atoms with Crippen LogP contribution < -0.4 is 5.69 Å². The van der Waals surface area contributed by atoms with Crippen molar-refractivity contribution in [2.45, 2.75) is 19.3 Å². The summed E-state index contributed by atoms with van der Waals surface area (Å²) in [6.07, 6.45) is 2.53. The molecule has 1 saturated heterocycles. The highest BCUT2D eigenvalue weighted by atomic mass is 32.1. The number of thiazole rings is 1. The number of likely N-dealkylation sites (tertiary alicyclic amines) is 1. The number of carbonyl (C=O) groups is 1. The van der Waals surface area contributed by atoms with Gasteiger partial charge in [0.05, 0.1) is 15.7 Å². The molecule has 1 fully saturated rings. The maximum atomic E-state index is 12.9. The third kappa shape index (κ3) is 3.51. The Morgan fingerprint density at radius 2 is 2.07 bits per heavy atom. The molecular weight excluding hydrogens is 406 g/mol. The van der Waals surface area contributed by atoms with E-state index in [0.29, 0.717) is 5.92 Å². The maximum Gasteiger partial charge on any atom is 0.348 e. The zero-order valence-corrected chi connectivity index (χ0v) is 17.2. The van der Waals surface area contributed by atoms with Gasteiger partial charge in [0.25, 0.3) is 5.91 Å². The first-order valence-electron chi connectivity index (χ1n) is 9.52. The van der Waals surface area contributed by atoms with E-state index in [1.54, 1.807) is 21.4 Å². The fourth-order valence-electron chi connectivity index (χ4n) is 3.86. The molecule has 4 aromatic rings. The van der Waals surface area contributed by atoms with Crippen LogP contribution in [-0.2, 0) is 6.42 Å². The maximum absolute atomic E-state index is 12.9. The second-order valence-corrected chi connectivity index (χ2v) is 9.02. The summed E-state index contributed by atoms with van der Waals surface area (Å²) in [7, 11) is 0. The van der Waals surface area contributed by atoms with E-state index in [1.807, 2.05) is 40.6 Å². The quantitative estimate of drug-likeness (QED) is 0.544. The molecule has 1 amide bonds. The molecule has 29 heavy (non-hydrogen) atoms. The van der Waals surface area contributed by atoms with Crippen molar-refractivity contribution >= 4 is 38.8 Å². The molecule has 0 saturated carbocycles. The molecule has 4 heterocycles. The van der Waals surface area contributed by atoms with Gasteiger partial charge in [-0.15, -0.1) is 22.7 Å². The lowest BCUT2D eigenvalue weighted by atomic mass is 9.93. The first-order valence-corrected chi connectivity index (χ1v) is 11.3. The molecule has 0 radical (unpaired) electrons. The van der Waals surface area contributed by atoms with Crippen molar-refractivity contribution in [3.05, 3.63) is 63.1 Å². The van der Waals surface area contributed by atoms with Crippen molar-refractivity contribution < 1.29 is 4.79 Å².